The summed E-state index contributed by atoms with van der Waals surface area (Å²) in [5.41, 5.74) is 1.58. The summed E-state index contributed by atoms with van der Waals surface area (Å²) in [4.78, 5) is 31.5. The Morgan fingerprint density at radius 3 is 2.69 bits per heavy atom. The first kappa shape index (κ1) is 21.1. The average Bonchev–Trinajstić information content (AvgIpc) is 3.25. The van der Waals surface area contributed by atoms with Crippen LogP contribution >= 0.6 is 0 Å². The van der Waals surface area contributed by atoms with Crippen LogP contribution in [0.15, 0.2) is 30.9 Å². The number of ether oxygens (including phenoxy) is 1. The van der Waals surface area contributed by atoms with Gasteiger partial charge in [-0.25, -0.2) is 14.2 Å². The number of carbonyl (C=O) groups is 1. The van der Waals surface area contributed by atoms with E-state index in [9.17, 15) is 9.18 Å². The third kappa shape index (κ3) is 4.01. The molecule has 2 aromatic heterocycles. The lowest BCUT2D eigenvalue weighted by molar-refractivity contribution is 0.00386. The number of aromatic nitrogens is 3. The summed E-state index contributed by atoms with van der Waals surface area (Å²) in [6, 6.07) is 2.06. The number of carbonyl (C=O) groups excluding carboxylic acids is 1. The molecule has 3 aliphatic rings. The van der Waals surface area contributed by atoms with E-state index in [0.29, 0.717) is 23.9 Å². The summed E-state index contributed by atoms with van der Waals surface area (Å²) in [5, 5.41) is 0. The van der Waals surface area contributed by atoms with E-state index < -0.39 is 0 Å². The lowest BCUT2D eigenvalue weighted by atomic mass is 9.64. The molecular weight excluding hydrogens is 411 g/mol. The Kier molecular flexibility index (Phi) is 5.67. The Morgan fingerprint density at radius 2 is 1.97 bits per heavy atom. The number of likely N-dealkylation sites (tertiary alicyclic amines) is 1. The Morgan fingerprint density at radius 1 is 1.16 bits per heavy atom. The number of nitrogens with zero attached hydrogens (tertiary/aromatic N) is 6. The maximum Gasteiger partial charge on any atom is 0.409 e. The van der Waals surface area contributed by atoms with Gasteiger partial charge in [0.15, 0.2) is 0 Å². The molecule has 1 spiro atoms. The molecule has 5 rings (SSSR count). The van der Waals surface area contributed by atoms with Crippen LogP contribution in [0.25, 0.3) is 11.3 Å². The van der Waals surface area contributed by atoms with E-state index in [1.807, 2.05) is 11.8 Å². The fourth-order valence-electron chi connectivity index (χ4n) is 5.45. The van der Waals surface area contributed by atoms with Crippen molar-refractivity contribution < 1.29 is 13.9 Å². The second-order valence-corrected chi connectivity index (χ2v) is 9.07. The molecule has 2 aliphatic heterocycles. The summed E-state index contributed by atoms with van der Waals surface area (Å²) in [6.45, 7) is 7.47. The zero-order valence-electron chi connectivity index (χ0n) is 18.4. The van der Waals surface area contributed by atoms with Gasteiger partial charge in [0, 0.05) is 63.3 Å². The zero-order valence-corrected chi connectivity index (χ0v) is 18.4. The highest BCUT2D eigenvalue weighted by atomic mass is 19.1. The number of amides is 1. The first-order valence-electron chi connectivity index (χ1n) is 11.4. The topological polar surface area (TPSA) is 74.7 Å². The second kappa shape index (κ2) is 8.61. The molecule has 4 heterocycles. The zero-order chi connectivity index (χ0) is 22.1. The van der Waals surface area contributed by atoms with Gasteiger partial charge in [0.1, 0.15) is 11.6 Å². The Hall–Kier alpha value is -2.81. The standard InChI is InChI=1S/C23H29FN6O2/c1-2-32-22(31)30-6-3-23(16-30)12-18(13-23)28-7-9-29(10-8-28)21-19(11-17(24)14-27-21)20-15-25-4-5-26-20/h4-5,11,14-15,18H,2-3,6-10,12-13,16H2,1H3/t18-,23+. The number of anilines is 1. The van der Waals surface area contributed by atoms with Crippen molar-refractivity contribution in [2.24, 2.45) is 5.41 Å². The number of pyridine rings is 1. The van der Waals surface area contributed by atoms with Gasteiger partial charge in [-0.15, -0.1) is 0 Å². The summed E-state index contributed by atoms with van der Waals surface area (Å²) < 4.78 is 19.1. The van der Waals surface area contributed by atoms with Gasteiger partial charge in [0.2, 0.25) is 0 Å². The predicted molar refractivity (Wildman–Crippen MR) is 118 cm³/mol. The van der Waals surface area contributed by atoms with Crippen molar-refractivity contribution in [2.75, 3.05) is 50.8 Å². The third-order valence-electron chi connectivity index (χ3n) is 7.10. The minimum absolute atomic E-state index is 0.174. The molecule has 0 unspecified atom stereocenters. The molecule has 1 aliphatic carbocycles. The quantitative estimate of drug-likeness (QED) is 0.724. The van der Waals surface area contributed by atoms with E-state index in [1.165, 1.54) is 12.3 Å². The summed E-state index contributed by atoms with van der Waals surface area (Å²) in [5.74, 6) is 0.388. The van der Waals surface area contributed by atoms with Crippen LogP contribution < -0.4 is 4.90 Å². The molecule has 0 radical (unpaired) electrons. The van der Waals surface area contributed by atoms with E-state index in [1.54, 1.807) is 18.6 Å². The summed E-state index contributed by atoms with van der Waals surface area (Å²) >= 11 is 0. The van der Waals surface area contributed by atoms with Crippen molar-refractivity contribution in [1.82, 2.24) is 24.8 Å². The lowest BCUT2D eigenvalue weighted by Gasteiger charge is -2.52. The number of hydrogen-bond donors (Lipinski definition) is 0. The van der Waals surface area contributed by atoms with E-state index >= 15 is 0 Å². The summed E-state index contributed by atoms with van der Waals surface area (Å²) in [6.07, 6.45) is 9.32. The van der Waals surface area contributed by atoms with Crippen LogP contribution in [0.5, 0.6) is 0 Å². The minimum atomic E-state index is -0.374. The van der Waals surface area contributed by atoms with Crippen LogP contribution in [0.2, 0.25) is 0 Å². The highest BCUT2D eigenvalue weighted by Crippen LogP contribution is 2.50. The van der Waals surface area contributed by atoms with Crippen molar-refractivity contribution in [1.29, 1.82) is 0 Å². The molecule has 0 atom stereocenters. The van der Waals surface area contributed by atoms with E-state index in [2.05, 4.69) is 24.8 Å². The smallest absolute Gasteiger partial charge is 0.409 e. The fourth-order valence-corrected chi connectivity index (χ4v) is 5.45. The van der Waals surface area contributed by atoms with E-state index in [-0.39, 0.29) is 17.3 Å². The minimum Gasteiger partial charge on any atom is -0.450 e. The van der Waals surface area contributed by atoms with Crippen LogP contribution in [-0.2, 0) is 4.74 Å². The van der Waals surface area contributed by atoms with Crippen LogP contribution in [-0.4, -0.2) is 82.8 Å². The molecule has 8 nitrogen and oxygen atoms in total. The van der Waals surface area contributed by atoms with Gasteiger partial charge in [-0.05, 0) is 37.7 Å². The normalized spacial score (nSPS) is 25.8. The molecule has 170 valence electrons. The van der Waals surface area contributed by atoms with Crippen molar-refractivity contribution in [2.45, 2.75) is 32.2 Å². The van der Waals surface area contributed by atoms with Gasteiger partial charge in [0.25, 0.3) is 0 Å². The maximum atomic E-state index is 13.9. The Bertz CT molecular complexity index is 960. The fraction of sp³-hybridized carbons (Fsp3) is 0.565. The highest BCUT2D eigenvalue weighted by Gasteiger charge is 2.51. The monoisotopic (exact) mass is 440 g/mol. The van der Waals surface area contributed by atoms with Gasteiger partial charge < -0.3 is 14.5 Å². The lowest BCUT2D eigenvalue weighted by Crippen LogP contribution is -2.58. The molecule has 32 heavy (non-hydrogen) atoms. The van der Waals surface area contributed by atoms with Crippen LogP contribution in [0.1, 0.15) is 26.2 Å². The van der Waals surface area contributed by atoms with Crippen molar-refractivity contribution in [3.05, 3.63) is 36.7 Å². The number of rotatable bonds is 4. The number of piperazine rings is 1. The molecule has 9 heteroatoms. The molecule has 3 fully saturated rings. The molecule has 0 aromatic carbocycles. The van der Waals surface area contributed by atoms with Gasteiger partial charge in [0.05, 0.1) is 24.7 Å². The van der Waals surface area contributed by atoms with Gasteiger partial charge >= 0.3 is 6.09 Å². The predicted octanol–water partition coefficient (Wildman–Crippen LogP) is 2.81. The third-order valence-corrected chi connectivity index (χ3v) is 7.10. The Labute approximate surface area is 187 Å². The Balaban J connectivity index is 1.18. The van der Waals surface area contributed by atoms with Crippen LogP contribution in [0.3, 0.4) is 0 Å². The van der Waals surface area contributed by atoms with Gasteiger partial charge in [-0.2, -0.15) is 0 Å². The maximum absolute atomic E-state index is 13.9. The first-order chi connectivity index (χ1) is 15.6. The first-order valence-corrected chi connectivity index (χ1v) is 11.4. The van der Waals surface area contributed by atoms with E-state index in [0.717, 1.165) is 64.3 Å². The molecule has 0 N–H and O–H groups in total. The van der Waals surface area contributed by atoms with Gasteiger partial charge in [-0.3, -0.25) is 14.9 Å². The molecule has 1 amide bonds. The number of hydrogen-bond acceptors (Lipinski definition) is 7. The van der Waals surface area contributed by atoms with Crippen LogP contribution in [0.4, 0.5) is 15.0 Å². The molecule has 2 saturated heterocycles. The van der Waals surface area contributed by atoms with E-state index in [4.69, 9.17) is 4.74 Å². The van der Waals surface area contributed by atoms with Crippen LogP contribution in [0, 0.1) is 11.2 Å². The molecule has 0 bridgehead atoms. The van der Waals surface area contributed by atoms with Gasteiger partial charge in [-0.1, -0.05) is 0 Å². The number of halogens is 1. The average molecular weight is 441 g/mol. The second-order valence-electron chi connectivity index (χ2n) is 9.07. The van der Waals surface area contributed by atoms with Crippen molar-refractivity contribution >= 4 is 11.9 Å². The molecule has 1 saturated carbocycles. The molecule has 2 aromatic rings. The molecular formula is C23H29FN6O2. The SMILES string of the molecule is CCOC(=O)N1CC[C@]2(C1)C[C@@H](N1CCN(c3ncc(F)cc3-c3cnccn3)CC1)C2. The largest absolute Gasteiger partial charge is 0.450 e. The summed E-state index contributed by atoms with van der Waals surface area (Å²) in [7, 11) is 0. The van der Waals surface area contributed by atoms with Crippen molar-refractivity contribution in [3.63, 3.8) is 0 Å². The van der Waals surface area contributed by atoms with Crippen molar-refractivity contribution in [3.8, 4) is 11.3 Å². The highest BCUT2D eigenvalue weighted by molar-refractivity contribution is 5.73.